The molecule has 90 valence electrons. The fraction of sp³-hybridized carbons (Fsp3) is 0.182. The lowest BCUT2D eigenvalue weighted by atomic mass is 10.3. The number of rotatable bonds is 4. The first-order valence-electron chi connectivity index (χ1n) is 4.99. The van der Waals surface area contributed by atoms with E-state index < -0.39 is 9.84 Å². The molecule has 0 saturated heterocycles. The van der Waals surface area contributed by atoms with Gasteiger partial charge in [0.25, 0.3) is 0 Å². The molecule has 0 fully saturated rings. The number of nitrogens with one attached hydrogen (secondary N) is 1. The second-order valence-corrected chi connectivity index (χ2v) is 5.60. The van der Waals surface area contributed by atoms with Crippen LogP contribution in [0, 0.1) is 0 Å². The van der Waals surface area contributed by atoms with E-state index in [2.05, 4.69) is 10.5 Å². The van der Waals surface area contributed by atoms with Crippen LogP contribution < -0.4 is 5.32 Å². The van der Waals surface area contributed by atoms with Gasteiger partial charge < -0.3 is 9.84 Å². The van der Waals surface area contributed by atoms with Gasteiger partial charge in [-0.1, -0.05) is 17.3 Å². The minimum atomic E-state index is -3.23. The molecular weight excluding hydrogens is 240 g/mol. The number of aromatic nitrogens is 1. The smallest absolute Gasteiger partial charge is 0.177 e. The van der Waals surface area contributed by atoms with Crippen molar-refractivity contribution in [3.05, 3.63) is 42.3 Å². The van der Waals surface area contributed by atoms with Crippen LogP contribution in [0.25, 0.3) is 0 Å². The van der Waals surface area contributed by atoms with Crippen molar-refractivity contribution in [1.29, 1.82) is 0 Å². The van der Waals surface area contributed by atoms with Gasteiger partial charge in [-0.25, -0.2) is 8.42 Å². The zero-order valence-electron chi connectivity index (χ0n) is 9.25. The normalized spacial score (nSPS) is 11.4. The third-order valence-corrected chi connectivity index (χ3v) is 3.39. The first kappa shape index (κ1) is 11.7. The Balaban J connectivity index is 2.22. The highest BCUT2D eigenvalue weighted by atomic mass is 32.2. The standard InChI is InChI=1S/C11H12N2O3S/c1-17(14,15)11-5-3-2-4-10(11)12-8-9-6-7-16-13-9/h2-7,12H,8H2,1H3. The van der Waals surface area contributed by atoms with E-state index in [1.165, 1.54) is 12.5 Å². The summed E-state index contributed by atoms with van der Waals surface area (Å²) in [7, 11) is -3.23. The number of hydrogen-bond acceptors (Lipinski definition) is 5. The van der Waals surface area contributed by atoms with Gasteiger partial charge in [0, 0.05) is 12.3 Å². The van der Waals surface area contributed by atoms with E-state index in [4.69, 9.17) is 4.52 Å². The maximum absolute atomic E-state index is 11.5. The van der Waals surface area contributed by atoms with Crippen LogP contribution in [0.3, 0.4) is 0 Å². The minimum absolute atomic E-state index is 0.281. The summed E-state index contributed by atoms with van der Waals surface area (Å²) in [4.78, 5) is 0.281. The van der Waals surface area contributed by atoms with Crippen LogP contribution in [-0.4, -0.2) is 19.8 Å². The van der Waals surface area contributed by atoms with Crippen molar-refractivity contribution in [2.24, 2.45) is 0 Å². The van der Waals surface area contributed by atoms with Gasteiger partial charge in [-0.2, -0.15) is 0 Å². The summed E-state index contributed by atoms with van der Waals surface area (Å²) in [5, 5.41) is 6.76. The molecule has 1 N–H and O–H groups in total. The Bertz CT molecular complexity index is 591. The van der Waals surface area contributed by atoms with E-state index >= 15 is 0 Å². The third-order valence-electron chi connectivity index (χ3n) is 2.24. The minimum Gasteiger partial charge on any atom is -0.378 e. The lowest BCUT2D eigenvalue weighted by Crippen LogP contribution is -2.06. The molecule has 1 heterocycles. The van der Waals surface area contributed by atoms with Crippen LogP contribution in [-0.2, 0) is 16.4 Å². The van der Waals surface area contributed by atoms with Crippen molar-refractivity contribution >= 4 is 15.5 Å². The quantitative estimate of drug-likeness (QED) is 0.896. The molecule has 0 unspecified atom stereocenters. The molecule has 0 saturated carbocycles. The second-order valence-electron chi connectivity index (χ2n) is 3.61. The first-order valence-corrected chi connectivity index (χ1v) is 6.89. The molecule has 0 amide bonds. The molecule has 0 aliphatic carbocycles. The molecule has 5 nitrogen and oxygen atoms in total. The Hall–Kier alpha value is -1.82. The van der Waals surface area contributed by atoms with Crippen LogP contribution in [0.1, 0.15) is 5.69 Å². The van der Waals surface area contributed by atoms with E-state index in [9.17, 15) is 8.42 Å². The summed E-state index contributed by atoms with van der Waals surface area (Å²) in [6.07, 6.45) is 2.66. The number of anilines is 1. The van der Waals surface area contributed by atoms with E-state index in [-0.39, 0.29) is 4.90 Å². The van der Waals surface area contributed by atoms with Crippen LogP contribution in [0.2, 0.25) is 0 Å². The lowest BCUT2D eigenvalue weighted by Gasteiger charge is -2.08. The highest BCUT2D eigenvalue weighted by molar-refractivity contribution is 7.90. The molecule has 1 aromatic carbocycles. The maximum Gasteiger partial charge on any atom is 0.177 e. The Morgan fingerprint density at radius 1 is 1.29 bits per heavy atom. The number of hydrogen-bond donors (Lipinski definition) is 1. The second kappa shape index (κ2) is 4.58. The average molecular weight is 252 g/mol. The number of para-hydroxylation sites is 1. The summed E-state index contributed by atoms with van der Waals surface area (Å²) in [5.74, 6) is 0. The van der Waals surface area contributed by atoms with Crippen molar-refractivity contribution in [2.45, 2.75) is 11.4 Å². The van der Waals surface area contributed by atoms with Gasteiger partial charge in [0.05, 0.1) is 17.1 Å². The fourth-order valence-corrected chi connectivity index (χ4v) is 2.32. The number of sulfone groups is 1. The molecule has 17 heavy (non-hydrogen) atoms. The summed E-state index contributed by atoms with van der Waals surface area (Å²) < 4.78 is 27.8. The fourth-order valence-electron chi connectivity index (χ4n) is 1.45. The van der Waals surface area contributed by atoms with Crippen LogP contribution >= 0.6 is 0 Å². The van der Waals surface area contributed by atoms with Crippen LogP contribution in [0.15, 0.2) is 46.0 Å². The molecule has 2 aromatic rings. The summed E-state index contributed by atoms with van der Waals surface area (Å²) in [6.45, 7) is 0.420. The van der Waals surface area contributed by atoms with E-state index in [0.29, 0.717) is 17.9 Å². The maximum atomic E-state index is 11.5. The highest BCUT2D eigenvalue weighted by Crippen LogP contribution is 2.20. The highest BCUT2D eigenvalue weighted by Gasteiger charge is 2.12. The third kappa shape index (κ3) is 2.85. The predicted octanol–water partition coefficient (Wildman–Crippen LogP) is 1.69. The predicted molar refractivity (Wildman–Crippen MR) is 63.4 cm³/mol. The molecule has 0 radical (unpaired) electrons. The average Bonchev–Trinajstić information content (AvgIpc) is 2.78. The Labute approximate surface area is 99.4 Å². The molecule has 0 spiro atoms. The van der Waals surface area contributed by atoms with Crippen molar-refractivity contribution in [1.82, 2.24) is 5.16 Å². The molecular formula is C11H12N2O3S. The van der Waals surface area contributed by atoms with Gasteiger partial charge in [-0.05, 0) is 12.1 Å². The largest absolute Gasteiger partial charge is 0.378 e. The molecule has 0 atom stereocenters. The summed E-state index contributed by atoms with van der Waals surface area (Å²) in [6, 6.07) is 8.48. The van der Waals surface area contributed by atoms with Crippen molar-refractivity contribution in [3.63, 3.8) is 0 Å². The zero-order valence-corrected chi connectivity index (χ0v) is 10.1. The summed E-state index contributed by atoms with van der Waals surface area (Å²) >= 11 is 0. The Kier molecular flexibility index (Phi) is 3.14. The molecule has 0 aliphatic heterocycles. The van der Waals surface area contributed by atoms with E-state index in [0.717, 1.165) is 0 Å². The molecule has 6 heteroatoms. The monoisotopic (exact) mass is 252 g/mol. The van der Waals surface area contributed by atoms with Gasteiger partial charge >= 0.3 is 0 Å². The van der Waals surface area contributed by atoms with Gasteiger partial charge in [-0.15, -0.1) is 0 Å². The Morgan fingerprint density at radius 3 is 2.71 bits per heavy atom. The van der Waals surface area contributed by atoms with Crippen molar-refractivity contribution in [3.8, 4) is 0 Å². The van der Waals surface area contributed by atoms with Gasteiger partial charge in [-0.3, -0.25) is 0 Å². The Morgan fingerprint density at radius 2 is 2.06 bits per heavy atom. The molecule has 0 bridgehead atoms. The molecule has 1 aromatic heterocycles. The van der Waals surface area contributed by atoms with Gasteiger partial charge in [0.2, 0.25) is 0 Å². The molecule has 2 rings (SSSR count). The van der Waals surface area contributed by atoms with Crippen LogP contribution in [0.4, 0.5) is 5.69 Å². The molecule has 0 aliphatic rings. The summed E-state index contributed by atoms with van der Waals surface area (Å²) in [5.41, 5.74) is 1.28. The first-order chi connectivity index (χ1) is 8.07. The van der Waals surface area contributed by atoms with Gasteiger partial charge in [0.1, 0.15) is 12.0 Å². The van der Waals surface area contributed by atoms with Crippen LogP contribution in [0.5, 0.6) is 0 Å². The van der Waals surface area contributed by atoms with Crippen molar-refractivity contribution in [2.75, 3.05) is 11.6 Å². The number of benzene rings is 1. The topological polar surface area (TPSA) is 72.2 Å². The van der Waals surface area contributed by atoms with Crippen molar-refractivity contribution < 1.29 is 12.9 Å². The van der Waals surface area contributed by atoms with E-state index in [1.807, 2.05) is 0 Å². The zero-order chi connectivity index (χ0) is 12.3. The SMILES string of the molecule is CS(=O)(=O)c1ccccc1NCc1ccon1. The van der Waals surface area contributed by atoms with E-state index in [1.54, 1.807) is 30.3 Å². The number of nitrogens with zero attached hydrogens (tertiary/aromatic N) is 1. The van der Waals surface area contributed by atoms with Gasteiger partial charge in [0.15, 0.2) is 9.84 Å². The lowest BCUT2D eigenvalue weighted by molar-refractivity contribution is 0.412.